The summed E-state index contributed by atoms with van der Waals surface area (Å²) in [5.74, 6) is 0.441. The molecule has 2 aromatic carbocycles. The molecule has 0 spiro atoms. The Kier molecular flexibility index (Phi) is 8.76. The summed E-state index contributed by atoms with van der Waals surface area (Å²) in [6.45, 7) is 11.4. The van der Waals surface area contributed by atoms with Crippen molar-refractivity contribution < 1.29 is 23.9 Å². The molecule has 2 atom stereocenters. The van der Waals surface area contributed by atoms with Gasteiger partial charge in [0.2, 0.25) is 0 Å². The molecule has 0 heterocycles. The van der Waals surface area contributed by atoms with Crippen LogP contribution in [-0.4, -0.2) is 43.8 Å². The number of non-ortho nitro benzene ring substituents is 1. The molecule has 2 aromatic rings. The summed E-state index contributed by atoms with van der Waals surface area (Å²) in [7, 11) is -2.02. The zero-order valence-corrected chi connectivity index (χ0v) is 19.9. The van der Waals surface area contributed by atoms with E-state index in [2.05, 4.69) is 33.9 Å². The molecule has 0 aliphatic heterocycles. The van der Waals surface area contributed by atoms with Crippen LogP contribution < -0.4 is 4.74 Å². The molecule has 0 aliphatic rings. The summed E-state index contributed by atoms with van der Waals surface area (Å²) in [6.07, 6.45) is -1.50. The fourth-order valence-corrected chi connectivity index (χ4v) is 3.52. The molecule has 0 saturated carbocycles. The Morgan fingerprint density at radius 3 is 2.19 bits per heavy atom. The predicted molar refractivity (Wildman–Crippen MR) is 123 cm³/mol. The van der Waals surface area contributed by atoms with Crippen LogP contribution in [0, 0.1) is 10.1 Å². The van der Waals surface area contributed by atoms with E-state index in [1.165, 1.54) is 24.3 Å². The van der Waals surface area contributed by atoms with E-state index < -0.39 is 25.4 Å². The lowest BCUT2D eigenvalue weighted by molar-refractivity contribution is -0.384. The summed E-state index contributed by atoms with van der Waals surface area (Å²) in [5.41, 5.74) is 0.989. The smallest absolute Gasteiger partial charge is 0.269 e. The van der Waals surface area contributed by atoms with Crippen molar-refractivity contribution in [3.05, 3.63) is 70.3 Å². The second kappa shape index (κ2) is 10.9. The maximum atomic E-state index is 10.8. The lowest BCUT2D eigenvalue weighted by Crippen LogP contribution is -2.46. The van der Waals surface area contributed by atoms with Crippen molar-refractivity contribution in [1.82, 2.24) is 0 Å². The maximum absolute atomic E-state index is 10.8. The van der Waals surface area contributed by atoms with Crippen LogP contribution in [0.5, 0.6) is 5.75 Å². The summed E-state index contributed by atoms with van der Waals surface area (Å²) in [4.78, 5) is 10.3. The summed E-state index contributed by atoms with van der Waals surface area (Å²) >= 11 is 0. The molecular formula is C23H33NO6Si. The number of aliphatic hydroxyl groups excluding tert-OH is 1. The summed E-state index contributed by atoms with van der Waals surface area (Å²) in [6, 6.07) is 15.5. The van der Waals surface area contributed by atoms with E-state index in [1.54, 1.807) is 0 Å². The molecule has 0 aromatic heterocycles. The second-order valence-electron chi connectivity index (χ2n) is 9.04. The Morgan fingerprint density at radius 1 is 1.03 bits per heavy atom. The Labute approximate surface area is 185 Å². The average Bonchev–Trinajstić information content (AvgIpc) is 2.72. The van der Waals surface area contributed by atoms with Crippen LogP contribution >= 0.6 is 0 Å². The van der Waals surface area contributed by atoms with E-state index in [0.717, 1.165) is 5.56 Å². The molecule has 0 radical (unpaired) electrons. The van der Waals surface area contributed by atoms with E-state index in [-0.39, 0.29) is 23.9 Å². The van der Waals surface area contributed by atoms with Gasteiger partial charge in [0.1, 0.15) is 24.6 Å². The van der Waals surface area contributed by atoms with E-state index in [0.29, 0.717) is 12.4 Å². The topological polar surface area (TPSA) is 91.1 Å². The van der Waals surface area contributed by atoms with E-state index >= 15 is 0 Å². The van der Waals surface area contributed by atoms with Crippen LogP contribution in [-0.2, 0) is 15.8 Å². The zero-order valence-electron chi connectivity index (χ0n) is 18.9. The molecule has 0 unspecified atom stereocenters. The number of aliphatic hydroxyl groups is 1. The minimum Gasteiger partial charge on any atom is -0.491 e. The first-order valence-corrected chi connectivity index (χ1v) is 13.3. The van der Waals surface area contributed by atoms with Crippen molar-refractivity contribution in [3.8, 4) is 5.75 Å². The SMILES string of the molecule is CC(C)(C)[Si](C)(C)OC[C@H](OCc1ccccc1)[C@H](O)COc1ccc([N+](=O)[O-])cc1. The number of nitrogens with zero attached hydrogens (tertiary/aromatic N) is 1. The lowest BCUT2D eigenvalue weighted by atomic mass is 10.2. The number of rotatable bonds is 11. The van der Waals surface area contributed by atoms with Gasteiger partial charge >= 0.3 is 0 Å². The van der Waals surface area contributed by atoms with Crippen molar-refractivity contribution in [3.63, 3.8) is 0 Å². The predicted octanol–water partition coefficient (Wildman–Crippen LogP) is 4.94. The number of hydrogen-bond acceptors (Lipinski definition) is 6. The van der Waals surface area contributed by atoms with Crippen molar-refractivity contribution >= 4 is 14.0 Å². The third-order valence-electron chi connectivity index (χ3n) is 5.62. The van der Waals surface area contributed by atoms with Crippen LogP contribution in [0.3, 0.4) is 0 Å². The second-order valence-corrected chi connectivity index (χ2v) is 13.8. The number of nitro benzene ring substituents is 1. The van der Waals surface area contributed by atoms with Crippen LogP contribution in [0.1, 0.15) is 26.3 Å². The third kappa shape index (κ3) is 7.73. The summed E-state index contributed by atoms with van der Waals surface area (Å²) in [5, 5.41) is 21.6. The molecule has 170 valence electrons. The van der Waals surface area contributed by atoms with Crippen molar-refractivity contribution in [2.24, 2.45) is 0 Å². The summed E-state index contributed by atoms with van der Waals surface area (Å²) < 4.78 is 17.9. The number of ether oxygens (including phenoxy) is 2. The average molecular weight is 448 g/mol. The van der Waals surface area contributed by atoms with Gasteiger partial charge in [-0.15, -0.1) is 0 Å². The van der Waals surface area contributed by atoms with Gasteiger partial charge in [-0.1, -0.05) is 51.1 Å². The van der Waals surface area contributed by atoms with Gasteiger partial charge in [0, 0.05) is 12.1 Å². The first kappa shape index (κ1) is 25.0. The molecule has 1 N–H and O–H groups in total. The molecule has 0 bridgehead atoms. The van der Waals surface area contributed by atoms with Gasteiger partial charge in [0.25, 0.3) is 5.69 Å². The highest BCUT2D eigenvalue weighted by atomic mass is 28.4. The van der Waals surface area contributed by atoms with Crippen molar-refractivity contribution in [2.45, 2.75) is 57.7 Å². The highest BCUT2D eigenvalue weighted by molar-refractivity contribution is 6.74. The van der Waals surface area contributed by atoms with Gasteiger partial charge < -0.3 is 19.0 Å². The van der Waals surface area contributed by atoms with Crippen LogP contribution in [0.15, 0.2) is 54.6 Å². The minimum absolute atomic E-state index is 0.0141. The van der Waals surface area contributed by atoms with Gasteiger partial charge in [0.15, 0.2) is 8.32 Å². The van der Waals surface area contributed by atoms with E-state index in [1.807, 2.05) is 30.3 Å². The molecule has 0 saturated heterocycles. The van der Waals surface area contributed by atoms with E-state index in [9.17, 15) is 15.2 Å². The quantitative estimate of drug-likeness (QED) is 0.298. The fraction of sp³-hybridized carbons (Fsp3) is 0.478. The maximum Gasteiger partial charge on any atom is 0.269 e. The first-order chi connectivity index (χ1) is 14.5. The number of benzene rings is 2. The molecule has 0 aliphatic carbocycles. The van der Waals surface area contributed by atoms with E-state index in [4.69, 9.17) is 13.9 Å². The fourth-order valence-electron chi connectivity index (χ4n) is 2.51. The normalized spacial score (nSPS) is 14.1. The standard InChI is InChI=1S/C23H33NO6Si/c1-23(2,3)31(4,5)30-17-22(29-15-18-9-7-6-8-10-18)21(25)16-28-20-13-11-19(12-14-20)24(26)27/h6-14,21-22,25H,15-17H2,1-5H3/t21-,22+/m1/s1. The van der Waals surface area contributed by atoms with Crippen LogP contribution in [0.2, 0.25) is 18.1 Å². The number of hydrogen-bond donors (Lipinski definition) is 1. The first-order valence-electron chi connectivity index (χ1n) is 10.3. The third-order valence-corrected chi connectivity index (χ3v) is 10.1. The monoisotopic (exact) mass is 447 g/mol. The highest BCUT2D eigenvalue weighted by Crippen LogP contribution is 2.36. The van der Waals surface area contributed by atoms with Gasteiger partial charge in [-0.05, 0) is 35.8 Å². The van der Waals surface area contributed by atoms with Crippen LogP contribution in [0.4, 0.5) is 5.69 Å². The molecule has 0 fully saturated rings. The molecule has 7 nitrogen and oxygen atoms in total. The van der Waals surface area contributed by atoms with Crippen molar-refractivity contribution in [1.29, 1.82) is 0 Å². The van der Waals surface area contributed by atoms with Gasteiger partial charge in [0.05, 0.1) is 18.1 Å². The Morgan fingerprint density at radius 2 is 1.65 bits per heavy atom. The molecular weight excluding hydrogens is 414 g/mol. The highest BCUT2D eigenvalue weighted by Gasteiger charge is 2.38. The van der Waals surface area contributed by atoms with Gasteiger partial charge in [-0.2, -0.15) is 0 Å². The molecule has 8 heteroatoms. The Bertz CT molecular complexity index is 820. The largest absolute Gasteiger partial charge is 0.491 e. The molecule has 31 heavy (non-hydrogen) atoms. The minimum atomic E-state index is -2.02. The molecule has 2 rings (SSSR count). The van der Waals surface area contributed by atoms with Gasteiger partial charge in [-0.25, -0.2) is 0 Å². The Hall–Kier alpha value is -2.26. The number of nitro groups is 1. The lowest BCUT2D eigenvalue weighted by Gasteiger charge is -2.37. The molecule has 0 amide bonds. The van der Waals surface area contributed by atoms with Crippen LogP contribution in [0.25, 0.3) is 0 Å². The zero-order chi connectivity index (χ0) is 23.1. The van der Waals surface area contributed by atoms with Gasteiger partial charge in [-0.3, -0.25) is 10.1 Å². The van der Waals surface area contributed by atoms with Crippen molar-refractivity contribution in [2.75, 3.05) is 13.2 Å². The Balaban J connectivity index is 2.01.